The molecule has 0 spiro atoms. The second kappa shape index (κ2) is 8.09. The molecule has 1 amide bonds. The summed E-state index contributed by atoms with van der Waals surface area (Å²) in [6.45, 7) is 2.27. The predicted octanol–water partition coefficient (Wildman–Crippen LogP) is 4.26. The largest absolute Gasteiger partial charge is 0.485 e. The highest BCUT2D eigenvalue weighted by atomic mass is 35.5. The molecule has 0 saturated heterocycles. The first-order valence-corrected chi connectivity index (χ1v) is 8.88. The van der Waals surface area contributed by atoms with Crippen LogP contribution in [-0.4, -0.2) is 15.9 Å². The summed E-state index contributed by atoms with van der Waals surface area (Å²) in [7, 11) is 0. The zero-order valence-corrected chi connectivity index (χ0v) is 15.1. The van der Waals surface area contributed by atoms with E-state index in [2.05, 4.69) is 15.3 Å². The Morgan fingerprint density at radius 1 is 1.36 bits per heavy atom. The molecule has 0 saturated carbocycles. The molecule has 3 aromatic rings. The molecule has 0 aliphatic carbocycles. The Morgan fingerprint density at radius 2 is 2.24 bits per heavy atom. The molecule has 25 heavy (non-hydrogen) atoms. The number of aryl methyl sites for hydroxylation is 1. The summed E-state index contributed by atoms with van der Waals surface area (Å²) in [5, 5.41) is 6.13. The van der Waals surface area contributed by atoms with Gasteiger partial charge in [0.1, 0.15) is 17.4 Å². The third-order valence-corrected chi connectivity index (χ3v) is 4.52. The van der Waals surface area contributed by atoms with Crippen LogP contribution in [0, 0.1) is 6.92 Å². The van der Waals surface area contributed by atoms with Gasteiger partial charge in [-0.1, -0.05) is 17.7 Å². The van der Waals surface area contributed by atoms with Crippen molar-refractivity contribution in [2.45, 2.75) is 20.0 Å². The number of thiazole rings is 1. The van der Waals surface area contributed by atoms with Crippen molar-refractivity contribution >= 4 is 34.5 Å². The van der Waals surface area contributed by atoms with Crippen LogP contribution in [0.4, 0.5) is 5.69 Å². The van der Waals surface area contributed by atoms with E-state index in [-0.39, 0.29) is 12.3 Å². The average molecular weight is 374 g/mol. The Balaban J connectivity index is 1.55. The second-order valence-electron chi connectivity index (χ2n) is 5.39. The first-order chi connectivity index (χ1) is 12.1. The highest BCUT2D eigenvalue weighted by molar-refractivity contribution is 7.09. The fourth-order valence-corrected chi connectivity index (χ4v) is 3.04. The van der Waals surface area contributed by atoms with E-state index in [1.54, 1.807) is 24.5 Å². The van der Waals surface area contributed by atoms with Crippen LogP contribution in [0.1, 0.15) is 16.3 Å². The number of rotatable bonds is 6. The lowest BCUT2D eigenvalue weighted by molar-refractivity contribution is -0.115. The topological polar surface area (TPSA) is 64.1 Å². The van der Waals surface area contributed by atoms with Crippen molar-refractivity contribution < 1.29 is 9.53 Å². The van der Waals surface area contributed by atoms with Gasteiger partial charge in [0.15, 0.2) is 0 Å². The first kappa shape index (κ1) is 17.4. The van der Waals surface area contributed by atoms with E-state index in [1.807, 2.05) is 30.5 Å². The number of nitrogens with one attached hydrogen (secondary N) is 1. The van der Waals surface area contributed by atoms with E-state index in [9.17, 15) is 4.79 Å². The van der Waals surface area contributed by atoms with Gasteiger partial charge in [-0.3, -0.25) is 9.78 Å². The molecule has 2 heterocycles. The Labute approximate surface area is 154 Å². The number of amides is 1. The first-order valence-electron chi connectivity index (χ1n) is 7.62. The smallest absolute Gasteiger partial charge is 0.230 e. The van der Waals surface area contributed by atoms with Crippen molar-refractivity contribution in [2.75, 3.05) is 5.32 Å². The van der Waals surface area contributed by atoms with Crippen LogP contribution in [0.3, 0.4) is 0 Å². The SMILES string of the molecule is Cc1ccc(Cl)cc1NC(=O)Cc1csc(COc2cccnc2)n1. The number of carbonyl (C=O) groups is 1. The molecule has 128 valence electrons. The van der Waals surface area contributed by atoms with E-state index in [0.717, 1.165) is 10.6 Å². The Morgan fingerprint density at radius 3 is 3.04 bits per heavy atom. The summed E-state index contributed by atoms with van der Waals surface area (Å²) in [5.41, 5.74) is 2.39. The van der Waals surface area contributed by atoms with Crippen LogP contribution in [0.2, 0.25) is 5.02 Å². The number of aromatic nitrogens is 2. The molecule has 0 radical (unpaired) electrons. The summed E-state index contributed by atoms with van der Waals surface area (Å²) in [4.78, 5) is 20.6. The Kier molecular flexibility index (Phi) is 5.63. The number of nitrogens with zero attached hydrogens (tertiary/aromatic N) is 2. The molecule has 0 bridgehead atoms. The fraction of sp³-hybridized carbons (Fsp3) is 0.167. The van der Waals surface area contributed by atoms with Gasteiger partial charge in [0.2, 0.25) is 5.91 Å². The Bertz CT molecular complexity index is 868. The third kappa shape index (κ3) is 5.01. The van der Waals surface area contributed by atoms with Crippen LogP contribution in [0.25, 0.3) is 0 Å². The molecule has 1 N–H and O–H groups in total. The van der Waals surface area contributed by atoms with E-state index in [0.29, 0.717) is 28.8 Å². The van der Waals surface area contributed by atoms with E-state index >= 15 is 0 Å². The third-order valence-electron chi connectivity index (χ3n) is 3.41. The van der Waals surface area contributed by atoms with Crippen molar-refractivity contribution in [3.8, 4) is 5.75 Å². The molecule has 0 fully saturated rings. The van der Waals surface area contributed by atoms with Crippen molar-refractivity contribution in [1.82, 2.24) is 9.97 Å². The molecule has 7 heteroatoms. The minimum atomic E-state index is -0.129. The lowest BCUT2D eigenvalue weighted by Gasteiger charge is -2.08. The van der Waals surface area contributed by atoms with Crippen molar-refractivity contribution in [1.29, 1.82) is 0 Å². The highest BCUT2D eigenvalue weighted by Gasteiger charge is 2.10. The molecule has 0 atom stereocenters. The normalized spacial score (nSPS) is 10.5. The molecule has 1 aromatic carbocycles. The average Bonchev–Trinajstić information content (AvgIpc) is 3.04. The van der Waals surface area contributed by atoms with Gasteiger partial charge in [-0.25, -0.2) is 4.98 Å². The fourth-order valence-electron chi connectivity index (χ4n) is 2.16. The molecular formula is C18H16ClN3O2S. The number of hydrogen-bond acceptors (Lipinski definition) is 5. The number of ether oxygens (including phenoxy) is 1. The van der Waals surface area contributed by atoms with Crippen LogP contribution in [-0.2, 0) is 17.8 Å². The number of pyridine rings is 1. The van der Waals surface area contributed by atoms with Crippen LogP contribution >= 0.6 is 22.9 Å². The van der Waals surface area contributed by atoms with Gasteiger partial charge in [0.25, 0.3) is 0 Å². The van der Waals surface area contributed by atoms with Crippen LogP contribution in [0.15, 0.2) is 48.1 Å². The zero-order valence-electron chi connectivity index (χ0n) is 13.5. The molecule has 0 unspecified atom stereocenters. The molecule has 5 nitrogen and oxygen atoms in total. The van der Waals surface area contributed by atoms with Crippen LogP contribution in [0.5, 0.6) is 5.75 Å². The lowest BCUT2D eigenvalue weighted by Crippen LogP contribution is -2.15. The lowest BCUT2D eigenvalue weighted by atomic mass is 10.2. The number of anilines is 1. The van der Waals surface area contributed by atoms with Gasteiger partial charge in [-0.15, -0.1) is 11.3 Å². The van der Waals surface area contributed by atoms with Crippen molar-refractivity contribution in [3.05, 3.63) is 69.4 Å². The van der Waals surface area contributed by atoms with Gasteiger partial charge in [0.05, 0.1) is 18.3 Å². The standard InChI is InChI=1S/C18H16ClN3O2S/c1-12-4-5-13(19)7-16(12)22-17(23)8-14-11-25-18(21-14)10-24-15-3-2-6-20-9-15/h2-7,9,11H,8,10H2,1H3,(H,22,23). The predicted molar refractivity (Wildman–Crippen MR) is 99.2 cm³/mol. The number of halogens is 1. The van der Waals surface area contributed by atoms with Gasteiger partial charge >= 0.3 is 0 Å². The highest BCUT2D eigenvalue weighted by Crippen LogP contribution is 2.21. The summed E-state index contributed by atoms with van der Waals surface area (Å²) in [6, 6.07) is 9.05. The summed E-state index contributed by atoms with van der Waals surface area (Å²) in [5.74, 6) is 0.559. The number of benzene rings is 1. The zero-order chi connectivity index (χ0) is 17.6. The minimum Gasteiger partial charge on any atom is -0.485 e. The molecule has 2 aromatic heterocycles. The van der Waals surface area contributed by atoms with E-state index in [4.69, 9.17) is 16.3 Å². The van der Waals surface area contributed by atoms with Crippen molar-refractivity contribution in [2.24, 2.45) is 0 Å². The van der Waals surface area contributed by atoms with E-state index in [1.165, 1.54) is 11.3 Å². The van der Waals surface area contributed by atoms with Gasteiger partial charge < -0.3 is 10.1 Å². The number of hydrogen-bond donors (Lipinski definition) is 1. The minimum absolute atomic E-state index is 0.129. The summed E-state index contributed by atoms with van der Waals surface area (Å²) >= 11 is 7.43. The van der Waals surface area contributed by atoms with Gasteiger partial charge in [-0.2, -0.15) is 0 Å². The Hall–Kier alpha value is -2.44. The quantitative estimate of drug-likeness (QED) is 0.701. The van der Waals surface area contributed by atoms with Gasteiger partial charge in [0, 0.05) is 22.3 Å². The summed E-state index contributed by atoms with van der Waals surface area (Å²) in [6.07, 6.45) is 3.54. The summed E-state index contributed by atoms with van der Waals surface area (Å²) < 4.78 is 5.61. The van der Waals surface area contributed by atoms with Gasteiger partial charge in [-0.05, 0) is 36.8 Å². The molecular weight excluding hydrogens is 358 g/mol. The molecule has 3 rings (SSSR count). The van der Waals surface area contributed by atoms with Crippen LogP contribution < -0.4 is 10.1 Å². The molecule has 0 aliphatic rings. The maximum Gasteiger partial charge on any atom is 0.230 e. The van der Waals surface area contributed by atoms with Crippen molar-refractivity contribution in [3.63, 3.8) is 0 Å². The maximum atomic E-state index is 12.2. The maximum absolute atomic E-state index is 12.2. The molecule has 0 aliphatic heterocycles. The monoisotopic (exact) mass is 373 g/mol. The van der Waals surface area contributed by atoms with E-state index < -0.39 is 0 Å². The second-order valence-corrected chi connectivity index (χ2v) is 6.77. The number of carbonyl (C=O) groups excluding carboxylic acids is 1.